The van der Waals surface area contributed by atoms with Gasteiger partial charge in [-0.3, -0.25) is 9.69 Å². The molecule has 2 aromatic rings. The molecule has 0 saturated carbocycles. The second-order valence-corrected chi connectivity index (χ2v) is 5.57. The number of urea groups is 1. The molecule has 1 heterocycles. The summed E-state index contributed by atoms with van der Waals surface area (Å²) in [6, 6.07) is 14.3. The Bertz CT molecular complexity index is 709. The number of hydrogen-bond donors (Lipinski definition) is 2. The molecule has 0 radical (unpaired) electrons. The zero-order valence-corrected chi connectivity index (χ0v) is 12.6. The Morgan fingerprint density at radius 2 is 2.05 bits per heavy atom. The summed E-state index contributed by atoms with van der Waals surface area (Å²) in [5.74, 6) is -0.137. The summed E-state index contributed by atoms with van der Waals surface area (Å²) in [6.07, 6.45) is 0. The highest BCUT2D eigenvalue weighted by atomic mass is 16.2. The molecule has 3 amide bonds. The van der Waals surface area contributed by atoms with E-state index >= 15 is 0 Å². The number of amides is 3. The van der Waals surface area contributed by atoms with Crippen LogP contribution in [-0.2, 0) is 4.79 Å². The van der Waals surface area contributed by atoms with Crippen molar-refractivity contribution in [1.29, 1.82) is 0 Å². The van der Waals surface area contributed by atoms with Crippen LogP contribution in [0.2, 0.25) is 0 Å². The maximum absolute atomic E-state index is 12.1. The highest BCUT2D eigenvalue weighted by molar-refractivity contribution is 5.96. The molecule has 3 rings (SSSR count). The second kappa shape index (κ2) is 6.15. The highest BCUT2D eigenvalue weighted by Gasteiger charge is 2.27. The Morgan fingerprint density at radius 3 is 2.82 bits per heavy atom. The number of imide groups is 1. The fourth-order valence-electron chi connectivity index (χ4n) is 2.87. The number of fused-ring (bicyclic) bond motifs is 1. The normalized spacial score (nSPS) is 15.9. The van der Waals surface area contributed by atoms with Crippen molar-refractivity contribution >= 4 is 22.7 Å². The van der Waals surface area contributed by atoms with E-state index < -0.39 is 0 Å². The summed E-state index contributed by atoms with van der Waals surface area (Å²) < 4.78 is 0. The lowest BCUT2D eigenvalue weighted by Gasteiger charge is -2.16. The maximum Gasteiger partial charge on any atom is 0.324 e. The lowest BCUT2D eigenvalue weighted by molar-refractivity contribution is -0.682. The molecule has 0 unspecified atom stereocenters. The molecular formula is C17H20N3O2+. The Hall–Kier alpha value is -2.40. The first-order valence-electron chi connectivity index (χ1n) is 7.56. The fraction of sp³-hybridized carbons (Fsp3) is 0.294. The van der Waals surface area contributed by atoms with Gasteiger partial charge in [-0.25, -0.2) is 4.79 Å². The molecule has 1 aliphatic rings. The first kappa shape index (κ1) is 14.5. The van der Waals surface area contributed by atoms with Crippen molar-refractivity contribution in [3.63, 3.8) is 0 Å². The Morgan fingerprint density at radius 1 is 1.27 bits per heavy atom. The molecule has 0 spiro atoms. The van der Waals surface area contributed by atoms with E-state index in [1.54, 1.807) is 0 Å². The predicted molar refractivity (Wildman–Crippen MR) is 84.3 cm³/mol. The van der Waals surface area contributed by atoms with E-state index in [2.05, 4.69) is 36.5 Å². The van der Waals surface area contributed by atoms with Gasteiger partial charge in [-0.1, -0.05) is 42.5 Å². The summed E-state index contributed by atoms with van der Waals surface area (Å²) >= 11 is 0. The van der Waals surface area contributed by atoms with Gasteiger partial charge in [0.05, 0.1) is 0 Å². The van der Waals surface area contributed by atoms with Crippen LogP contribution in [0.4, 0.5) is 4.79 Å². The number of hydrogen-bond acceptors (Lipinski definition) is 2. The third-order valence-electron chi connectivity index (χ3n) is 4.12. The van der Waals surface area contributed by atoms with Crippen LogP contribution in [0.15, 0.2) is 42.5 Å². The van der Waals surface area contributed by atoms with Crippen molar-refractivity contribution in [1.82, 2.24) is 10.2 Å². The SMILES string of the molecule is C[C@@H]([NH2+]CC(=O)N1CCNC1=O)c1cccc2ccccc12. The quantitative estimate of drug-likeness (QED) is 0.885. The number of benzene rings is 2. The number of nitrogens with two attached hydrogens (primary N) is 1. The minimum Gasteiger partial charge on any atom is -0.336 e. The summed E-state index contributed by atoms with van der Waals surface area (Å²) in [5, 5.41) is 7.04. The molecule has 1 aliphatic heterocycles. The van der Waals surface area contributed by atoms with Crippen LogP contribution < -0.4 is 10.6 Å². The van der Waals surface area contributed by atoms with E-state index in [-0.39, 0.29) is 24.5 Å². The number of carbonyl (C=O) groups excluding carboxylic acids is 2. The molecule has 5 heteroatoms. The third kappa shape index (κ3) is 2.80. The van der Waals surface area contributed by atoms with E-state index in [0.717, 1.165) is 0 Å². The van der Waals surface area contributed by atoms with Crippen LogP contribution in [0, 0.1) is 0 Å². The van der Waals surface area contributed by atoms with Crippen molar-refractivity contribution in [3.05, 3.63) is 48.0 Å². The molecule has 1 atom stereocenters. The van der Waals surface area contributed by atoms with Gasteiger partial charge in [0.15, 0.2) is 6.54 Å². The Kier molecular flexibility index (Phi) is 4.06. The lowest BCUT2D eigenvalue weighted by atomic mass is 10.00. The molecule has 2 aromatic carbocycles. The molecule has 114 valence electrons. The van der Waals surface area contributed by atoms with Gasteiger partial charge in [0.2, 0.25) is 0 Å². The lowest BCUT2D eigenvalue weighted by Crippen LogP contribution is -2.87. The fourth-order valence-corrected chi connectivity index (χ4v) is 2.87. The first-order chi connectivity index (χ1) is 10.7. The average molecular weight is 298 g/mol. The average Bonchev–Trinajstić information content (AvgIpc) is 2.98. The van der Waals surface area contributed by atoms with Crippen LogP contribution in [0.3, 0.4) is 0 Å². The minimum absolute atomic E-state index is 0.137. The third-order valence-corrected chi connectivity index (χ3v) is 4.12. The molecule has 0 aromatic heterocycles. The van der Waals surface area contributed by atoms with Crippen molar-refractivity contribution in [2.24, 2.45) is 0 Å². The number of rotatable bonds is 4. The molecule has 0 aliphatic carbocycles. The smallest absolute Gasteiger partial charge is 0.324 e. The molecule has 22 heavy (non-hydrogen) atoms. The van der Waals surface area contributed by atoms with Crippen molar-refractivity contribution in [2.75, 3.05) is 19.6 Å². The second-order valence-electron chi connectivity index (χ2n) is 5.57. The number of nitrogens with one attached hydrogen (secondary N) is 1. The van der Waals surface area contributed by atoms with Crippen LogP contribution >= 0.6 is 0 Å². The predicted octanol–water partition coefficient (Wildman–Crippen LogP) is 1.02. The highest BCUT2D eigenvalue weighted by Crippen LogP contribution is 2.21. The summed E-state index contributed by atoms with van der Waals surface area (Å²) in [6.45, 7) is 3.37. The minimum atomic E-state index is -0.281. The monoisotopic (exact) mass is 298 g/mol. The van der Waals surface area contributed by atoms with Crippen LogP contribution in [0.5, 0.6) is 0 Å². The topological polar surface area (TPSA) is 66.0 Å². The van der Waals surface area contributed by atoms with Crippen LogP contribution in [0.25, 0.3) is 10.8 Å². The number of quaternary nitrogens is 1. The molecular weight excluding hydrogens is 278 g/mol. The number of carbonyl (C=O) groups is 2. The van der Waals surface area contributed by atoms with Gasteiger partial charge in [-0.15, -0.1) is 0 Å². The van der Waals surface area contributed by atoms with E-state index in [4.69, 9.17) is 0 Å². The summed E-state index contributed by atoms with van der Waals surface area (Å²) in [5.41, 5.74) is 1.21. The van der Waals surface area contributed by atoms with Crippen molar-refractivity contribution < 1.29 is 14.9 Å². The maximum atomic E-state index is 12.1. The number of nitrogens with zero attached hydrogens (tertiary/aromatic N) is 1. The van der Waals surface area contributed by atoms with E-state index in [0.29, 0.717) is 13.1 Å². The van der Waals surface area contributed by atoms with E-state index in [1.807, 2.05) is 23.5 Å². The molecule has 5 nitrogen and oxygen atoms in total. The standard InChI is InChI=1S/C17H19N3O2/c1-12(19-11-16(21)20-10-9-18-17(20)22)14-8-4-6-13-5-2-3-7-15(13)14/h2-8,12,19H,9-11H2,1H3,(H,18,22)/p+1/t12-/m1/s1. The van der Waals surface area contributed by atoms with Gasteiger partial charge in [-0.05, 0) is 17.7 Å². The first-order valence-corrected chi connectivity index (χ1v) is 7.56. The van der Waals surface area contributed by atoms with E-state index in [1.165, 1.54) is 21.2 Å². The van der Waals surface area contributed by atoms with Gasteiger partial charge < -0.3 is 10.6 Å². The molecule has 1 fully saturated rings. The zero-order valence-electron chi connectivity index (χ0n) is 12.6. The zero-order chi connectivity index (χ0) is 15.5. The largest absolute Gasteiger partial charge is 0.336 e. The van der Waals surface area contributed by atoms with Gasteiger partial charge in [-0.2, -0.15) is 0 Å². The Labute approximate surface area is 129 Å². The van der Waals surface area contributed by atoms with E-state index in [9.17, 15) is 9.59 Å². The van der Waals surface area contributed by atoms with Crippen LogP contribution in [-0.4, -0.2) is 36.5 Å². The van der Waals surface area contributed by atoms with Crippen molar-refractivity contribution in [3.8, 4) is 0 Å². The van der Waals surface area contributed by atoms with Gasteiger partial charge in [0, 0.05) is 18.7 Å². The molecule has 0 bridgehead atoms. The summed E-state index contributed by atoms with van der Waals surface area (Å²) in [4.78, 5) is 24.9. The van der Waals surface area contributed by atoms with Crippen molar-refractivity contribution in [2.45, 2.75) is 13.0 Å². The van der Waals surface area contributed by atoms with Gasteiger partial charge in [0.1, 0.15) is 6.04 Å². The molecule has 1 saturated heterocycles. The Balaban J connectivity index is 1.70. The van der Waals surface area contributed by atoms with Crippen LogP contribution in [0.1, 0.15) is 18.5 Å². The molecule has 3 N–H and O–H groups in total. The van der Waals surface area contributed by atoms with Gasteiger partial charge in [0.25, 0.3) is 5.91 Å². The summed E-state index contributed by atoms with van der Waals surface area (Å²) in [7, 11) is 0. The van der Waals surface area contributed by atoms with Gasteiger partial charge >= 0.3 is 6.03 Å².